The molecule has 2 atom stereocenters. The Labute approximate surface area is 141 Å². The molecule has 132 valence electrons. The molecule has 0 aliphatic heterocycles. The second-order valence-corrected chi connectivity index (χ2v) is 7.61. The van der Waals surface area contributed by atoms with Crippen LogP contribution in [0.5, 0.6) is 0 Å². The molecule has 1 aliphatic carbocycles. The number of carbonyl (C=O) groups is 2. The molecule has 1 aromatic rings. The first-order valence-electron chi connectivity index (χ1n) is 7.79. The molecule has 2 amide bonds. The minimum atomic E-state index is -4.46. The molecule has 1 fully saturated rings. The minimum absolute atomic E-state index is 0.108. The molecule has 24 heavy (non-hydrogen) atoms. The van der Waals surface area contributed by atoms with Crippen LogP contribution in [0.15, 0.2) is 24.3 Å². The molecule has 1 aromatic carbocycles. The average Bonchev–Trinajstić information content (AvgIpc) is 2.85. The van der Waals surface area contributed by atoms with Gasteiger partial charge in [0.2, 0.25) is 11.8 Å². The van der Waals surface area contributed by atoms with Crippen LogP contribution >= 0.6 is 0 Å². The number of carbonyl (C=O) groups excluding carboxylic acids is 2. The molecule has 0 unspecified atom stereocenters. The fraction of sp³-hybridized carbons (Fsp3) is 0.500. The highest BCUT2D eigenvalue weighted by atomic mass is 32.3. The summed E-state index contributed by atoms with van der Waals surface area (Å²) in [5, 5.41) is 5.51. The molecule has 6 nitrogen and oxygen atoms in total. The maximum atomic E-state index is 12.7. The normalized spacial score (nSPS) is 20.6. The molecule has 0 spiro atoms. The van der Waals surface area contributed by atoms with Gasteiger partial charge in [0.15, 0.2) is 0 Å². The van der Waals surface area contributed by atoms with Gasteiger partial charge in [-0.2, -0.15) is 8.42 Å². The second kappa shape index (κ2) is 7.74. The van der Waals surface area contributed by atoms with Crippen molar-refractivity contribution >= 4 is 27.7 Å². The van der Waals surface area contributed by atoms with Crippen molar-refractivity contribution in [3.05, 3.63) is 29.8 Å². The second-order valence-electron chi connectivity index (χ2n) is 6.20. The fourth-order valence-corrected chi connectivity index (χ4v) is 3.88. The Balaban J connectivity index is 1.80. The zero-order valence-corrected chi connectivity index (χ0v) is 14.2. The SMILES string of the molecule is CC(=O)Nc1ccc(CC(=O)N[C@@H]2CC[C@H](CS(=O)(=O)F)C2)cc1. The van der Waals surface area contributed by atoms with Crippen LogP contribution in [-0.2, 0) is 26.2 Å². The summed E-state index contributed by atoms with van der Waals surface area (Å²) >= 11 is 0. The van der Waals surface area contributed by atoms with E-state index in [-0.39, 0.29) is 30.2 Å². The smallest absolute Gasteiger partial charge is 0.302 e. The predicted octanol–water partition coefficient (Wildman–Crippen LogP) is 1.77. The number of rotatable bonds is 6. The molecular formula is C16H21FN2O4S. The van der Waals surface area contributed by atoms with Gasteiger partial charge in [0, 0.05) is 18.7 Å². The molecule has 2 N–H and O–H groups in total. The van der Waals surface area contributed by atoms with Gasteiger partial charge in [-0.15, -0.1) is 3.89 Å². The monoisotopic (exact) mass is 356 g/mol. The number of halogens is 1. The summed E-state index contributed by atoms with van der Waals surface area (Å²) in [5.74, 6) is -1.02. The molecule has 1 aliphatic rings. The summed E-state index contributed by atoms with van der Waals surface area (Å²) in [6, 6.07) is 6.86. The van der Waals surface area contributed by atoms with Crippen molar-refractivity contribution in [3.63, 3.8) is 0 Å². The lowest BCUT2D eigenvalue weighted by Crippen LogP contribution is -2.34. The van der Waals surface area contributed by atoms with Crippen molar-refractivity contribution < 1.29 is 21.9 Å². The fourth-order valence-electron chi connectivity index (χ4n) is 3.01. The topological polar surface area (TPSA) is 92.3 Å². The summed E-state index contributed by atoms with van der Waals surface area (Å²) in [7, 11) is -4.46. The largest absolute Gasteiger partial charge is 0.353 e. The molecule has 8 heteroatoms. The Bertz CT molecular complexity index is 703. The zero-order valence-electron chi connectivity index (χ0n) is 13.4. The van der Waals surface area contributed by atoms with Crippen LogP contribution < -0.4 is 10.6 Å². The predicted molar refractivity (Wildman–Crippen MR) is 88.6 cm³/mol. The number of hydrogen-bond acceptors (Lipinski definition) is 4. The number of benzene rings is 1. The molecule has 0 saturated heterocycles. The maximum Gasteiger partial charge on any atom is 0.302 e. The van der Waals surface area contributed by atoms with Crippen molar-refractivity contribution in [3.8, 4) is 0 Å². The summed E-state index contributed by atoms with van der Waals surface area (Å²) in [4.78, 5) is 23.0. The number of anilines is 1. The first-order valence-corrected chi connectivity index (χ1v) is 9.35. The van der Waals surface area contributed by atoms with E-state index in [1.807, 2.05) is 0 Å². The van der Waals surface area contributed by atoms with Gasteiger partial charge in [-0.3, -0.25) is 9.59 Å². The maximum absolute atomic E-state index is 12.7. The molecule has 0 aromatic heterocycles. The van der Waals surface area contributed by atoms with E-state index in [0.29, 0.717) is 24.9 Å². The van der Waals surface area contributed by atoms with Crippen molar-refractivity contribution in [2.75, 3.05) is 11.1 Å². The lowest BCUT2D eigenvalue weighted by Gasteiger charge is -2.13. The Kier molecular flexibility index (Phi) is 5.93. The van der Waals surface area contributed by atoms with Gasteiger partial charge < -0.3 is 10.6 Å². The van der Waals surface area contributed by atoms with Crippen LogP contribution in [0.1, 0.15) is 31.7 Å². The first kappa shape index (κ1) is 18.4. The van der Waals surface area contributed by atoms with Gasteiger partial charge in [0.1, 0.15) is 0 Å². The molecule has 2 rings (SSSR count). The standard InChI is InChI=1S/C16H21FN2O4S/c1-11(20)18-14-5-2-12(3-6-14)9-16(21)19-15-7-4-13(8-15)10-24(17,22)23/h2-3,5-6,13,15H,4,7-10H2,1H3,(H,18,20)(H,19,21)/t13-,15+/m0/s1. The Morgan fingerprint density at radius 1 is 1.21 bits per heavy atom. The Hall–Kier alpha value is -1.96. The molecular weight excluding hydrogens is 335 g/mol. The van der Waals surface area contributed by atoms with E-state index in [9.17, 15) is 21.9 Å². The van der Waals surface area contributed by atoms with Gasteiger partial charge >= 0.3 is 10.2 Å². The Morgan fingerprint density at radius 2 is 1.88 bits per heavy atom. The number of hydrogen-bond donors (Lipinski definition) is 2. The third kappa shape index (κ3) is 6.27. The first-order chi connectivity index (χ1) is 11.2. The van der Waals surface area contributed by atoms with Crippen molar-refractivity contribution in [1.82, 2.24) is 5.32 Å². The average molecular weight is 356 g/mol. The van der Waals surface area contributed by atoms with Crippen molar-refractivity contribution in [2.24, 2.45) is 5.92 Å². The van der Waals surface area contributed by atoms with Gasteiger partial charge in [0.05, 0.1) is 12.2 Å². The van der Waals surface area contributed by atoms with Crippen LogP contribution in [0.2, 0.25) is 0 Å². The van der Waals surface area contributed by atoms with Gasteiger partial charge in [-0.05, 0) is 42.9 Å². The molecule has 1 saturated carbocycles. The third-order valence-corrected chi connectivity index (χ3v) is 4.85. The van der Waals surface area contributed by atoms with E-state index in [1.165, 1.54) is 6.92 Å². The quantitative estimate of drug-likeness (QED) is 0.760. The molecule has 0 bridgehead atoms. The lowest BCUT2D eigenvalue weighted by molar-refractivity contribution is -0.121. The third-order valence-electron chi connectivity index (χ3n) is 3.98. The van der Waals surface area contributed by atoms with Crippen molar-refractivity contribution in [1.29, 1.82) is 0 Å². The van der Waals surface area contributed by atoms with E-state index < -0.39 is 16.0 Å². The van der Waals surface area contributed by atoms with E-state index in [1.54, 1.807) is 24.3 Å². The highest BCUT2D eigenvalue weighted by Crippen LogP contribution is 2.27. The van der Waals surface area contributed by atoms with Gasteiger partial charge in [-0.25, -0.2) is 0 Å². The Morgan fingerprint density at radius 3 is 2.46 bits per heavy atom. The number of amides is 2. The van der Waals surface area contributed by atoms with Gasteiger partial charge in [-0.1, -0.05) is 12.1 Å². The lowest BCUT2D eigenvalue weighted by atomic mass is 10.1. The van der Waals surface area contributed by atoms with Crippen LogP contribution in [0, 0.1) is 5.92 Å². The van der Waals surface area contributed by atoms with Crippen LogP contribution in [-0.4, -0.2) is 32.0 Å². The summed E-state index contributed by atoms with van der Waals surface area (Å²) in [6.45, 7) is 1.42. The summed E-state index contributed by atoms with van der Waals surface area (Å²) in [6.07, 6.45) is 1.94. The highest BCUT2D eigenvalue weighted by Gasteiger charge is 2.29. The summed E-state index contributed by atoms with van der Waals surface area (Å²) < 4.78 is 34.0. The molecule has 0 radical (unpaired) electrons. The minimum Gasteiger partial charge on any atom is -0.353 e. The van der Waals surface area contributed by atoms with Gasteiger partial charge in [0.25, 0.3) is 0 Å². The van der Waals surface area contributed by atoms with E-state index in [4.69, 9.17) is 0 Å². The van der Waals surface area contributed by atoms with Crippen LogP contribution in [0.25, 0.3) is 0 Å². The number of nitrogens with one attached hydrogen (secondary N) is 2. The van der Waals surface area contributed by atoms with E-state index in [2.05, 4.69) is 10.6 Å². The highest BCUT2D eigenvalue weighted by molar-refractivity contribution is 7.86. The molecule has 0 heterocycles. The summed E-state index contributed by atoms with van der Waals surface area (Å²) in [5.41, 5.74) is 1.47. The van der Waals surface area contributed by atoms with Crippen LogP contribution in [0.3, 0.4) is 0 Å². The van der Waals surface area contributed by atoms with E-state index in [0.717, 1.165) is 5.56 Å². The van der Waals surface area contributed by atoms with E-state index >= 15 is 0 Å². The zero-order chi connectivity index (χ0) is 17.7. The van der Waals surface area contributed by atoms with Crippen molar-refractivity contribution in [2.45, 2.75) is 38.6 Å². The van der Waals surface area contributed by atoms with Crippen LogP contribution in [0.4, 0.5) is 9.57 Å².